The Bertz CT molecular complexity index is 125. The average Bonchev–Trinajstić information content (AvgIpc) is 2.48. The van der Waals surface area contributed by atoms with Crippen LogP contribution in [0.5, 0.6) is 0 Å². The van der Waals surface area contributed by atoms with Crippen molar-refractivity contribution in [2.24, 2.45) is 5.73 Å². The lowest BCUT2D eigenvalue weighted by atomic mass is 10.2. The van der Waals surface area contributed by atoms with Crippen molar-refractivity contribution in [3.8, 4) is 0 Å². The largest absolute Gasteiger partial charge is 0.330 e. The van der Waals surface area contributed by atoms with Crippen LogP contribution in [-0.4, -0.2) is 56.1 Å². The van der Waals surface area contributed by atoms with Crippen LogP contribution in [0.1, 0.15) is 12.8 Å². The second kappa shape index (κ2) is 4.80. The molecule has 0 aromatic heterocycles. The number of likely N-dealkylation sites (tertiary alicyclic amines) is 1. The monoisotopic (exact) mass is 171 g/mol. The van der Waals surface area contributed by atoms with Crippen LogP contribution >= 0.6 is 0 Å². The zero-order valence-electron chi connectivity index (χ0n) is 8.29. The molecular weight excluding hydrogens is 150 g/mol. The minimum Gasteiger partial charge on any atom is -0.330 e. The third-order valence-electron chi connectivity index (χ3n) is 2.66. The van der Waals surface area contributed by atoms with Crippen molar-refractivity contribution >= 4 is 0 Å². The van der Waals surface area contributed by atoms with E-state index in [0.29, 0.717) is 0 Å². The molecule has 1 atom stereocenters. The number of likely N-dealkylation sites (N-methyl/N-ethyl adjacent to an activating group) is 1. The van der Waals surface area contributed by atoms with Gasteiger partial charge in [-0.2, -0.15) is 0 Å². The Kier molecular flexibility index (Phi) is 3.98. The summed E-state index contributed by atoms with van der Waals surface area (Å²) < 4.78 is 0. The topological polar surface area (TPSA) is 32.5 Å². The van der Waals surface area contributed by atoms with Gasteiger partial charge in [-0.1, -0.05) is 0 Å². The summed E-state index contributed by atoms with van der Waals surface area (Å²) >= 11 is 0. The Balaban J connectivity index is 2.17. The van der Waals surface area contributed by atoms with Gasteiger partial charge in [0.05, 0.1) is 0 Å². The second-order valence-electron chi connectivity index (χ2n) is 3.85. The molecule has 1 aliphatic heterocycles. The Hall–Kier alpha value is -0.120. The fraction of sp³-hybridized carbons (Fsp3) is 1.00. The Morgan fingerprint density at radius 3 is 2.75 bits per heavy atom. The summed E-state index contributed by atoms with van der Waals surface area (Å²) in [6, 6.07) is 0.766. The maximum Gasteiger partial charge on any atom is 0.0229 e. The van der Waals surface area contributed by atoms with Gasteiger partial charge < -0.3 is 15.5 Å². The van der Waals surface area contributed by atoms with Crippen molar-refractivity contribution in [3.63, 3.8) is 0 Å². The average molecular weight is 171 g/mol. The van der Waals surface area contributed by atoms with E-state index < -0.39 is 0 Å². The quantitative estimate of drug-likeness (QED) is 0.645. The van der Waals surface area contributed by atoms with Crippen molar-refractivity contribution in [2.75, 3.05) is 40.3 Å². The summed E-state index contributed by atoms with van der Waals surface area (Å²) in [4.78, 5) is 4.83. The summed E-state index contributed by atoms with van der Waals surface area (Å²) in [6.45, 7) is 4.49. The lowest BCUT2D eigenvalue weighted by Gasteiger charge is -2.19. The predicted molar refractivity (Wildman–Crippen MR) is 52.2 cm³/mol. The number of hydrogen-bond acceptors (Lipinski definition) is 3. The summed E-state index contributed by atoms with van der Waals surface area (Å²) in [5.74, 6) is 0. The molecule has 1 fully saturated rings. The van der Waals surface area contributed by atoms with E-state index in [2.05, 4.69) is 23.9 Å². The summed E-state index contributed by atoms with van der Waals surface area (Å²) in [6.07, 6.45) is 2.46. The molecule has 0 aromatic carbocycles. The SMILES string of the molecule is CN(C)[C@@H]1CCN(CCCN)C1. The van der Waals surface area contributed by atoms with Gasteiger partial charge in [0.1, 0.15) is 0 Å². The number of nitrogens with two attached hydrogens (primary N) is 1. The first-order chi connectivity index (χ1) is 5.74. The second-order valence-corrected chi connectivity index (χ2v) is 3.85. The van der Waals surface area contributed by atoms with Crippen LogP contribution in [0, 0.1) is 0 Å². The van der Waals surface area contributed by atoms with Gasteiger partial charge in [-0.3, -0.25) is 0 Å². The summed E-state index contributed by atoms with van der Waals surface area (Å²) in [5, 5.41) is 0. The van der Waals surface area contributed by atoms with Gasteiger partial charge in [-0.15, -0.1) is 0 Å². The van der Waals surface area contributed by atoms with E-state index in [4.69, 9.17) is 5.73 Å². The predicted octanol–water partition coefficient (Wildman–Crippen LogP) is -0.0289. The zero-order valence-corrected chi connectivity index (χ0v) is 8.29. The number of rotatable bonds is 4. The molecule has 72 valence electrons. The minimum absolute atomic E-state index is 0.766. The molecule has 0 radical (unpaired) electrons. The Labute approximate surface area is 75.5 Å². The highest BCUT2D eigenvalue weighted by Crippen LogP contribution is 2.12. The first kappa shape index (κ1) is 9.96. The van der Waals surface area contributed by atoms with Crippen molar-refractivity contribution in [3.05, 3.63) is 0 Å². The molecule has 1 saturated heterocycles. The van der Waals surface area contributed by atoms with E-state index in [1.807, 2.05) is 0 Å². The molecule has 12 heavy (non-hydrogen) atoms. The Morgan fingerprint density at radius 2 is 2.25 bits per heavy atom. The van der Waals surface area contributed by atoms with Crippen LogP contribution in [0.15, 0.2) is 0 Å². The zero-order chi connectivity index (χ0) is 8.97. The van der Waals surface area contributed by atoms with Crippen LogP contribution in [-0.2, 0) is 0 Å². The lowest BCUT2D eigenvalue weighted by Crippen LogP contribution is -2.32. The number of nitrogens with zero attached hydrogens (tertiary/aromatic N) is 2. The van der Waals surface area contributed by atoms with Crippen LogP contribution < -0.4 is 5.73 Å². The molecule has 0 saturated carbocycles. The lowest BCUT2D eigenvalue weighted by molar-refractivity contribution is 0.268. The van der Waals surface area contributed by atoms with Gasteiger partial charge in [-0.05, 0) is 46.6 Å². The minimum atomic E-state index is 0.766. The van der Waals surface area contributed by atoms with E-state index in [1.165, 1.54) is 26.1 Å². The smallest absolute Gasteiger partial charge is 0.0229 e. The molecule has 1 rings (SSSR count). The van der Waals surface area contributed by atoms with Gasteiger partial charge in [0.15, 0.2) is 0 Å². The van der Waals surface area contributed by atoms with E-state index in [9.17, 15) is 0 Å². The maximum atomic E-state index is 5.46. The van der Waals surface area contributed by atoms with Crippen LogP contribution in [0.2, 0.25) is 0 Å². The standard InChI is InChI=1S/C9H21N3/c1-11(2)9-4-7-12(8-9)6-3-5-10/h9H,3-8,10H2,1-2H3/t9-/m1/s1. The third kappa shape index (κ3) is 2.73. The molecule has 0 spiro atoms. The fourth-order valence-electron chi connectivity index (χ4n) is 1.75. The molecule has 0 amide bonds. The van der Waals surface area contributed by atoms with Gasteiger partial charge in [0.2, 0.25) is 0 Å². The van der Waals surface area contributed by atoms with Crippen LogP contribution in [0.25, 0.3) is 0 Å². The molecule has 0 bridgehead atoms. The molecule has 2 N–H and O–H groups in total. The molecule has 0 aliphatic carbocycles. The molecule has 1 aliphatic rings. The van der Waals surface area contributed by atoms with Gasteiger partial charge >= 0.3 is 0 Å². The number of hydrogen-bond donors (Lipinski definition) is 1. The Morgan fingerprint density at radius 1 is 1.50 bits per heavy atom. The summed E-state index contributed by atoms with van der Waals surface area (Å²) in [5.41, 5.74) is 5.46. The van der Waals surface area contributed by atoms with Gasteiger partial charge in [0, 0.05) is 12.6 Å². The normalized spacial score (nSPS) is 25.5. The van der Waals surface area contributed by atoms with E-state index in [1.54, 1.807) is 0 Å². The first-order valence-electron chi connectivity index (χ1n) is 4.83. The van der Waals surface area contributed by atoms with E-state index in [-0.39, 0.29) is 0 Å². The molecule has 3 heteroatoms. The summed E-state index contributed by atoms with van der Waals surface area (Å²) in [7, 11) is 4.33. The molecule has 1 heterocycles. The van der Waals surface area contributed by atoms with Gasteiger partial charge in [-0.25, -0.2) is 0 Å². The van der Waals surface area contributed by atoms with E-state index in [0.717, 1.165) is 19.0 Å². The third-order valence-corrected chi connectivity index (χ3v) is 2.66. The highest BCUT2D eigenvalue weighted by molar-refractivity contribution is 4.80. The molecule has 0 unspecified atom stereocenters. The first-order valence-corrected chi connectivity index (χ1v) is 4.83. The highest BCUT2D eigenvalue weighted by atomic mass is 15.2. The molecular formula is C9H21N3. The highest BCUT2D eigenvalue weighted by Gasteiger charge is 2.22. The molecule has 3 nitrogen and oxygen atoms in total. The van der Waals surface area contributed by atoms with Gasteiger partial charge in [0.25, 0.3) is 0 Å². The van der Waals surface area contributed by atoms with Crippen LogP contribution in [0.3, 0.4) is 0 Å². The van der Waals surface area contributed by atoms with Crippen molar-refractivity contribution in [2.45, 2.75) is 18.9 Å². The van der Waals surface area contributed by atoms with Crippen molar-refractivity contribution in [1.29, 1.82) is 0 Å². The fourth-order valence-corrected chi connectivity index (χ4v) is 1.75. The molecule has 0 aromatic rings. The van der Waals surface area contributed by atoms with Crippen LogP contribution in [0.4, 0.5) is 0 Å². The van der Waals surface area contributed by atoms with E-state index >= 15 is 0 Å². The maximum absolute atomic E-state index is 5.46. The van der Waals surface area contributed by atoms with Crippen molar-refractivity contribution in [1.82, 2.24) is 9.80 Å². The van der Waals surface area contributed by atoms with Crippen molar-refractivity contribution < 1.29 is 0 Å².